The third-order valence-electron chi connectivity index (χ3n) is 4.21. The number of halogens is 2. The van der Waals surface area contributed by atoms with Crippen molar-refractivity contribution in [3.8, 4) is 22.9 Å². The number of rotatable bonds is 2. The van der Waals surface area contributed by atoms with Crippen molar-refractivity contribution in [3.05, 3.63) is 58.6 Å². The summed E-state index contributed by atoms with van der Waals surface area (Å²) < 4.78 is 0. The van der Waals surface area contributed by atoms with E-state index in [2.05, 4.69) is 20.4 Å². The van der Waals surface area contributed by atoms with Crippen molar-refractivity contribution in [1.82, 2.24) is 30.0 Å². The van der Waals surface area contributed by atoms with Crippen LogP contribution in [0.25, 0.3) is 33.4 Å². The standard InChI is InChI=1S/C18H10Cl2N6O2/c19-9-1-3-11-13(7-9)23-25(21-11)15-5-6-16(27)17(18(15)28)26-22-12-4-2-10(20)8-14(12)24-26/h1-8,27-28H. The zero-order valence-corrected chi connectivity index (χ0v) is 15.5. The number of aromatic hydroxyl groups is 2. The van der Waals surface area contributed by atoms with Gasteiger partial charge in [0.1, 0.15) is 33.5 Å². The molecule has 0 unspecified atom stereocenters. The van der Waals surface area contributed by atoms with Gasteiger partial charge in [-0.2, -0.15) is 0 Å². The smallest absolute Gasteiger partial charge is 0.174 e. The summed E-state index contributed by atoms with van der Waals surface area (Å²) in [5.41, 5.74) is 2.51. The maximum atomic E-state index is 10.8. The first kappa shape index (κ1) is 16.8. The lowest BCUT2D eigenvalue weighted by Crippen LogP contribution is -2.04. The molecule has 10 heteroatoms. The molecular weight excluding hydrogens is 403 g/mol. The number of hydrogen-bond donors (Lipinski definition) is 2. The first-order valence-corrected chi connectivity index (χ1v) is 8.86. The van der Waals surface area contributed by atoms with Crippen molar-refractivity contribution in [2.45, 2.75) is 0 Å². The van der Waals surface area contributed by atoms with Crippen LogP contribution in [0.1, 0.15) is 0 Å². The van der Waals surface area contributed by atoms with Crippen LogP contribution in [0.5, 0.6) is 11.5 Å². The Morgan fingerprint density at radius 3 is 1.82 bits per heavy atom. The minimum absolute atomic E-state index is 0.00390. The summed E-state index contributed by atoms with van der Waals surface area (Å²) in [4.78, 5) is 2.41. The number of phenolic OH excluding ortho intramolecular Hbond substituents is 2. The fourth-order valence-corrected chi connectivity index (χ4v) is 3.23. The lowest BCUT2D eigenvalue weighted by Gasteiger charge is -2.09. The Balaban J connectivity index is 1.70. The highest BCUT2D eigenvalue weighted by Crippen LogP contribution is 2.36. The van der Waals surface area contributed by atoms with Crippen LogP contribution in [0, 0.1) is 0 Å². The zero-order chi connectivity index (χ0) is 19.4. The third-order valence-corrected chi connectivity index (χ3v) is 4.68. The topological polar surface area (TPSA) is 102 Å². The Bertz CT molecular complexity index is 1380. The minimum atomic E-state index is -0.280. The molecular formula is C18H10Cl2N6O2. The molecule has 2 heterocycles. The molecule has 2 aromatic heterocycles. The normalized spacial score (nSPS) is 11.5. The molecule has 0 aliphatic rings. The molecule has 0 fully saturated rings. The quantitative estimate of drug-likeness (QED) is 0.456. The maximum absolute atomic E-state index is 10.8. The Morgan fingerprint density at radius 1 is 0.643 bits per heavy atom. The van der Waals surface area contributed by atoms with E-state index in [-0.39, 0.29) is 22.9 Å². The molecule has 0 saturated heterocycles. The van der Waals surface area contributed by atoms with Gasteiger partial charge in [-0.05, 0) is 48.5 Å². The second kappa shape index (κ2) is 6.08. The van der Waals surface area contributed by atoms with Crippen LogP contribution in [-0.4, -0.2) is 40.2 Å². The Morgan fingerprint density at radius 2 is 1.18 bits per heavy atom. The van der Waals surface area contributed by atoms with E-state index in [1.54, 1.807) is 36.4 Å². The fraction of sp³-hybridized carbons (Fsp3) is 0. The largest absolute Gasteiger partial charge is 0.505 e. The molecule has 0 aliphatic carbocycles. The summed E-state index contributed by atoms with van der Waals surface area (Å²) in [7, 11) is 0. The van der Waals surface area contributed by atoms with Crippen molar-refractivity contribution in [3.63, 3.8) is 0 Å². The number of nitrogens with zero attached hydrogens (tertiary/aromatic N) is 6. The first-order valence-electron chi connectivity index (χ1n) is 8.10. The van der Waals surface area contributed by atoms with Gasteiger partial charge in [0.2, 0.25) is 0 Å². The molecule has 0 spiro atoms. The fourth-order valence-electron chi connectivity index (χ4n) is 2.90. The maximum Gasteiger partial charge on any atom is 0.174 e. The molecule has 0 bridgehead atoms. The van der Waals surface area contributed by atoms with Gasteiger partial charge in [-0.3, -0.25) is 0 Å². The molecule has 0 radical (unpaired) electrons. The van der Waals surface area contributed by atoms with Gasteiger partial charge in [-0.1, -0.05) is 23.2 Å². The van der Waals surface area contributed by atoms with E-state index in [1.165, 1.54) is 16.9 Å². The number of phenols is 2. The Kier molecular flexibility index (Phi) is 3.65. The second-order valence-corrected chi connectivity index (χ2v) is 6.92. The summed E-state index contributed by atoms with van der Waals surface area (Å²) >= 11 is 12.0. The summed E-state index contributed by atoms with van der Waals surface area (Å²) in [6.45, 7) is 0. The van der Waals surface area contributed by atoms with E-state index in [0.29, 0.717) is 32.1 Å². The van der Waals surface area contributed by atoms with Gasteiger partial charge < -0.3 is 10.2 Å². The molecule has 8 nitrogen and oxygen atoms in total. The summed E-state index contributed by atoms with van der Waals surface area (Å²) in [6.07, 6.45) is 0. The highest BCUT2D eigenvalue weighted by Gasteiger charge is 2.20. The first-order chi connectivity index (χ1) is 13.5. The minimum Gasteiger partial charge on any atom is -0.505 e. The van der Waals surface area contributed by atoms with Crippen molar-refractivity contribution in [1.29, 1.82) is 0 Å². The van der Waals surface area contributed by atoms with Crippen LogP contribution in [0.2, 0.25) is 10.0 Å². The van der Waals surface area contributed by atoms with Gasteiger partial charge >= 0.3 is 0 Å². The average Bonchev–Trinajstić information content (AvgIpc) is 3.24. The van der Waals surface area contributed by atoms with Crippen molar-refractivity contribution < 1.29 is 10.2 Å². The number of hydrogen-bond acceptors (Lipinski definition) is 6. The summed E-state index contributed by atoms with van der Waals surface area (Å²) in [6, 6.07) is 13.0. The van der Waals surface area contributed by atoms with Crippen molar-refractivity contribution in [2.24, 2.45) is 0 Å². The molecule has 0 amide bonds. The number of aromatic nitrogens is 6. The SMILES string of the molecule is Oc1ccc(-n2nc3ccc(Cl)cc3n2)c(O)c1-n1nc2ccc(Cl)cc2n1. The lowest BCUT2D eigenvalue weighted by molar-refractivity contribution is 0.434. The van der Waals surface area contributed by atoms with Crippen molar-refractivity contribution >= 4 is 45.3 Å². The molecule has 28 heavy (non-hydrogen) atoms. The van der Waals surface area contributed by atoms with Gasteiger partial charge in [-0.15, -0.1) is 30.0 Å². The van der Waals surface area contributed by atoms with Crippen LogP contribution < -0.4 is 0 Å². The Labute approximate surface area is 167 Å². The summed E-state index contributed by atoms with van der Waals surface area (Å²) in [5, 5.41) is 39.4. The average molecular weight is 413 g/mol. The molecule has 0 saturated carbocycles. The predicted molar refractivity (Wildman–Crippen MR) is 105 cm³/mol. The van der Waals surface area contributed by atoms with Crippen LogP contribution in [0.15, 0.2) is 48.5 Å². The molecule has 3 aromatic carbocycles. The molecule has 0 aliphatic heterocycles. The van der Waals surface area contributed by atoms with Gasteiger partial charge in [0, 0.05) is 10.0 Å². The number of benzene rings is 3. The monoisotopic (exact) mass is 412 g/mol. The molecule has 138 valence electrons. The Hall–Kier alpha value is -3.36. The molecule has 2 N–H and O–H groups in total. The van der Waals surface area contributed by atoms with Gasteiger partial charge in [0.05, 0.1) is 0 Å². The highest BCUT2D eigenvalue weighted by atomic mass is 35.5. The van der Waals surface area contributed by atoms with Crippen molar-refractivity contribution in [2.75, 3.05) is 0 Å². The lowest BCUT2D eigenvalue weighted by atomic mass is 10.2. The van der Waals surface area contributed by atoms with Crippen LogP contribution in [0.4, 0.5) is 0 Å². The molecule has 5 rings (SSSR count). The van der Waals surface area contributed by atoms with Gasteiger partial charge in [-0.25, -0.2) is 0 Å². The van der Waals surface area contributed by atoms with E-state index in [0.717, 1.165) is 4.80 Å². The van der Waals surface area contributed by atoms with Gasteiger partial charge in [0.15, 0.2) is 11.4 Å². The third kappa shape index (κ3) is 2.62. The molecule has 0 atom stereocenters. The van der Waals surface area contributed by atoms with E-state index < -0.39 is 0 Å². The van der Waals surface area contributed by atoms with E-state index >= 15 is 0 Å². The van der Waals surface area contributed by atoms with E-state index in [1.807, 2.05) is 0 Å². The highest BCUT2D eigenvalue weighted by molar-refractivity contribution is 6.31. The van der Waals surface area contributed by atoms with Crippen LogP contribution in [0.3, 0.4) is 0 Å². The number of fused-ring (bicyclic) bond motifs is 2. The van der Waals surface area contributed by atoms with E-state index in [4.69, 9.17) is 23.2 Å². The summed E-state index contributed by atoms with van der Waals surface area (Å²) in [5.74, 6) is -0.481. The van der Waals surface area contributed by atoms with Crippen LogP contribution >= 0.6 is 23.2 Å². The van der Waals surface area contributed by atoms with Gasteiger partial charge in [0.25, 0.3) is 0 Å². The van der Waals surface area contributed by atoms with Crippen LogP contribution in [-0.2, 0) is 0 Å². The second-order valence-electron chi connectivity index (χ2n) is 6.05. The molecule has 5 aromatic rings. The van der Waals surface area contributed by atoms with E-state index in [9.17, 15) is 10.2 Å². The zero-order valence-electron chi connectivity index (χ0n) is 14.0. The predicted octanol–water partition coefficient (Wildman–Crippen LogP) is 3.87.